The summed E-state index contributed by atoms with van der Waals surface area (Å²) in [5.41, 5.74) is 27.5. The number of hydrogen-bond acceptors (Lipinski definition) is 3. The maximum absolute atomic E-state index is 9.73. The number of fused-ring (bicyclic) bond motifs is 7. The fraction of sp³-hybridized carbons (Fsp3) is 0.283. The van der Waals surface area contributed by atoms with Gasteiger partial charge in [0.15, 0.2) is 0 Å². The summed E-state index contributed by atoms with van der Waals surface area (Å²) in [4.78, 5) is 11.0. The van der Waals surface area contributed by atoms with E-state index >= 15 is 0 Å². The Hall–Kier alpha value is -9.97. The maximum Gasteiger partial charge on any atom is 0.252 e. The van der Waals surface area contributed by atoms with Crippen molar-refractivity contribution in [1.29, 1.82) is 0 Å². The van der Waals surface area contributed by atoms with Crippen LogP contribution in [-0.4, -0.2) is 16.3 Å². The van der Waals surface area contributed by atoms with Gasteiger partial charge in [-0.05, 0) is 184 Å². The number of aromatic nitrogens is 2. The van der Waals surface area contributed by atoms with Crippen LogP contribution >= 0.6 is 0 Å². The Balaban J connectivity index is 1.17. The van der Waals surface area contributed by atoms with E-state index in [9.17, 15) is 5.48 Å². The van der Waals surface area contributed by atoms with Crippen LogP contribution in [0.1, 0.15) is 191 Å². The van der Waals surface area contributed by atoms with Crippen molar-refractivity contribution in [2.45, 2.75) is 183 Å². The largest absolute Gasteiger partial charge is 0.310 e. The van der Waals surface area contributed by atoms with Crippen LogP contribution < -0.4 is 26.2 Å². The van der Waals surface area contributed by atoms with Crippen LogP contribution in [-0.2, 0) is 37.9 Å². The smallest absolute Gasteiger partial charge is 0.252 e. The molecule has 2 aliphatic rings. The van der Waals surface area contributed by atoms with E-state index in [1.54, 1.807) is 0 Å². The van der Waals surface area contributed by atoms with Crippen LogP contribution in [0.2, 0.25) is 0 Å². The van der Waals surface area contributed by atoms with Crippen molar-refractivity contribution in [3.05, 3.63) is 282 Å². The lowest BCUT2D eigenvalue weighted by molar-refractivity contribution is 0.532. The lowest BCUT2D eigenvalue weighted by atomic mass is 9.33. The Labute approximate surface area is 628 Å². The van der Waals surface area contributed by atoms with Gasteiger partial charge in [0.1, 0.15) is 0 Å². The summed E-state index contributed by atoms with van der Waals surface area (Å²) in [7, 11) is 0. The molecule has 0 fully saturated rings. The summed E-state index contributed by atoms with van der Waals surface area (Å²) in [5, 5.41) is 2.42. The van der Waals surface area contributed by atoms with E-state index in [-0.39, 0.29) is 56.8 Å². The van der Waals surface area contributed by atoms with Crippen LogP contribution in [0.3, 0.4) is 0 Å². The summed E-state index contributed by atoms with van der Waals surface area (Å²) < 4.78 is 49.3. The van der Waals surface area contributed by atoms with E-state index in [0.29, 0.717) is 5.56 Å². The Morgan fingerprint density at radius 3 is 1.15 bits per heavy atom. The molecule has 11 aromatic carbocycles. The number of anilines is 6. The molecule has 0 saturated carbocycles. The van der Waals surface area contributed by atoms with Gasteiger partial charge in [-0.25, -0.2) is 0 Å². The minimum absolute atomic E-state index is 0.101. The number of benzene rings is 11. The maximum atomic E-state index is 9.73. The highest BCUT2D eigenvalue weighted by molar-refractivity contribution is 7.00. The molecular formula is C99H103BN4. The molecule has 0 radical (unpaired) electrons. The third-order valence-electron chi connectivity index (χ3n) is 21.8. The van der Waals surface area contributed by atoms with Gasteiger partial charge in [0, 0.05) is 83.6 Å². The van der Waals surface area contributed by atoms with Gasteiger partial charge in [0.2, 0.25) is 0 Å². The Morgan fingerprint density at radius 1 is 0.308 bits per heavy atom. The number of nitrogens with zero attached hydrogens (tertiary/aromatic N) is 4. The first-order valence-corrected chi connectivity index (χ1v) is 37.4. The highest BCUT2D eigenvalue weighted by atomic mass is 15.2. The van der Waals surface area contributed by atoms with Gasteiger partial charge in [0.05, 0.1) is 35.0 Å². The molecule has 4 heterocycles. The van der Waals surface area contributed by atoms with Crippen molar-refractivity contribution >= 4 is 79.0 Å². The molecule has 15 rings (SSSR count). The zero-order valence-electron chi connectivity index (χ0n) is 70.1. The molecular weight excluding hydrogens is 1260 g/mol. The van der Waals surface area contributed by atoms with Gasteiger partial charge in [-0.3, -0.25) is 4.98 Å². The Morgan fingerprint density at radius 2 is 0.721 bits per heavy atom. The zero-order chi connectivity index (χ0) is 78.0. The normalized spacial score (nSPS) is 14.2. The molecule has 0 atom stereocenters. The first-order valence-electron chi connectivity index (χ1n) is 39.9. The minimum Gasteiger partial charge on any atom is -0.310 e. The van der Waals surface area contributed by atoms with Crippen LogP contribution in [0.25, 0.3) is 83.1 Å². The van der Waals surface area contributed by atoms with Crippen molar-refractivity contribution in [3.8, 4) is 61.3 Å². The van der Waals surface area contributed by atoms with Crippen LogP contribution in [0.15, 0.2) is 243 Å². The average molecular weight is 1360 g/mol. The fourth-order valence-corrected chi connectivity index (χ4v) is 15.8. The lowest BCUT2D eigenvalue weighted by Crippen LogP contribution is -2.61. The SMILES string of the molecule is [2H]c1c([2H])c([2H])c(-c2ccc3c(c2)N(c2c(-c4ccccc4)cc(C(C)(C)C)cc2-c2ccc(C(C)(C)C)nc2C(C)(C)C)c2cc(C(C)(C)C)cc4c2B3c2ccc(-n3c5ccc(C(C)(C)C)cc5c5cc(C(C)(C)C)ccc53)cc2N4c2c(-c3ccccc3)cc(C(C)(C)C)cc2-c2ccccc2)c([2H])c1[2H]. The molecule has 2 aromatic heterocycles. The number of hydrogen-bond donors (Lipinski definition) is 0. The van der Waals surface area contributed by atoms with E-state index in [4.69, 9.17) is 6.35 Å². The van der Waals surface area contributed by atoms with Gasteiger partial charge in [-0.1, -0.05) is 303 Å². The van der Waals surface area contributed by atoms with Gasteiger partial charge >= 0.3 is 0 Å². The van der Waals surface area contributed by atoms with Gasteiger partial charge in [-0.2, -0.15) is 0 Å². The second-order valence-corrected chi connectivity index (χ2v) is 36.6. The molecule has 104 heavy (non-hydrogen) atoms. The summed E-state index contributed by atoms with van der Waals surface area (Å²) >= 11 is 0. The van der Waals surface area contributed by atoms with Crippen molar-refractivity contribution in [3.63, 3.8) is 0 Å². The van der Waals surface area contributed by atoms with Crippen LogP contribution in [0, 0.1) is 0 Å². The Bertz CT molecular complexity index is 5680. The van der Waals surface area contributed by atoms with Gasteiger partial charge < -0.3 is 14.4 Å². The summed E-state index contributed by atoms with van der Waals surface area (Å²) in [6, 6.07) is 78.2. The van der Waals surface area contributed by atoms with Crippen molar-refractivity contribution in [2.24, 2.45) is 0 Å². The zero-order valence-corrected chi connectivity index (χ0v) is 65.1. The Kier molecular flexibility index (Phi) is 15.2. The molecule has 0 aliphatic carbocycles. The second kappa shape index (κ2) is 24.9. The van der Waals surface area contributed by atoms with E-state index in [1.165, 1.54) is 27.5 Å². The van der Waals surface area contributed by atoms with E-state index < -0.39 is 23.6 Å². The summed E-state index contributed by atoms with van der Waals surface area (Å²) in [6.07, 6.45) is 0. The molecule has 0 unspecified atom stereocenters. The van der Waals surface area contributed by atoms with Crippen LogP contribution in [0.5, 0.6) is 0 Å². The minimum atomic E-state index is -0.454. The third kappa shape index (κ3) is 12.3. The molecule has 0 bridgehead atoms. The van der Waals surface area contributed by atoms with Crippen LogP contribution in [0.4, 0.5) is 34.1 Å². The van der Waals surface area contributed by atoms with Crippen molar-refractivity contribution in [1.82, 2.24) is 9.55 Å². The second-order valence-electron chi connectivity index (χ2n) is 36.6. The molecule has 2 aliphatic heterocycles. The molecule has 4 nitrogen and oxygen atoms in total. The van der Waals surface area contributed by atoms with E-state index in [1.807, 2.05) is 6.07 Å². The molecule has 0 saturated heterocycles. The van der Waals surface area contributed by atoms with Crippen molar-refractivity contribution in [2.75, 3.05) is 9.80 Å². The van der Waals surface area contributed by atoms with E-state index in [2.05, 4.69) is 366 Å². The predicted octanol–water partition coefficient (Wildman–Crippen LogP) is 25.7. The van der Waals surface area contributed by atoms with Crippen molar-refractivity contribution < 1.29 is 6.85 Å². The first kappa shape index (κ1) is 63.7. The van der Waals surface area contributed by atoms with Gasteiger partial charge in [-0.15, -0.1) is 0 Å². The number of rotatable bonds is 8. The molecule has 0 amide bonds. The first-order chi connectivity index (χ1) is 51.1. The molecule has 522 valence electrons. The predicted molar refractivity (Wildman–Crippen MR) is 451 cm³/mol. The standard InChI is InChI=1S/C99H103BN4/c1-93(2,3)67-43-49-82-77(53-67)78-54-68(94(4,5)6)44-50-83(78)102(82)72-45-48-81-85(61-72)104(90-74(63-36-28-23-29-37-63)55-69(95(7,8)9)56-75(90)64-38-30-24-31-39-64)87-60-71(97(13,14)15)59-86-89(87)100(81)80-47-42-66(62-34-26-22-27-35-62)52-84(80)103(86)91-76(65-40-32-25-33-41-65)57-70(96(10,11)12)58-79(91)73-46-51-88(98(16,17)18)101-92(73)99(19,20)21/h22-61H,1-21H3/i22D,26D,27D,34D,35D. The van der Waals surface area contributed by atoms with E-state index in [0.717, 1.165) is 134 Å². The highest BCUT2D eigenvalue weighted by Crippen LogP contribution is 2.56. The molecule has 0 spiro atoms. The number of pyridine rings is 1. The summed E-state index contributed by atoms with van der Waals surface area (Å²) in [6.45, 7) is 47.8. The lowest BCUT2D eigenvalue weighted by Gasteiger charge is -2.47. The topological polar surface area (TPSA) is 24.3 Å². The summed E-state index contributed by atoms with van der Waals surface area (Å²) in [5.74, 6) is 0. The average Bonchev–Trinajstić information content (AvgIpc) is 1.12. The third-order valence-corrected chi connectivity index (χ3v) is 21.8. The monoisotopic (exact) mass is 1360 g/mol. The molecule has 13 aromatic rings. The fourth-order valence-electron chi connectivity index (χ4n) is 15.8. The van der Waals surface area contributed by atoms with Gasteiger partial charge in [0.25, 0.3) is 6.71 Å². The quantitative estimate of drug-likeness (QED) is 0.142. The molecule has 0 N–H and O–H groups in total. The highest BCUT2D eigenvalue weighted by Gasteiger charge is 2.47. The molecule has 5 heteroatoms.